The van der Waals surface area contributed by atoms with Crippen molar-refractivity contribution in [2.75, 3.05) is 5.32 Å². The van der Waals surface area contributed by atoms with Crippen molar-refractivity contribution in [2.45, 2.75) is 81.7 Å². The highest BCUT2D eigenvalue weighted by Gasteiger charge is 2.43. The van der Waals surface area contributed by atoms with Crippen LogP contribution in [0.5, 0.6) is 0 Å². The van der Waals surface area contributed by atoms with E-state index in [2.05, 4.69) is 15.0 Å². The molecule has 1 aromatic heterocycles. The minimum absolute atomic E-state index is 0.152. The number of halogens is 1. The van der Waals surface area contributed by atoms with Crippen LogP contribution >= 0.6 is 0 Å². The van der Waals surface area contributed by atoms with Crippen LogP contribution in [0.15, 0.2) is 78.0 Å². The van der Waals surface area contributed by atoms with E-state index in [1.165, 1.54) is 6.92 Å². The van der Waals surface area contributed by atoms with Gasteiger partial charge in [0.05, 0.1) is 17.0 Å². The normalized spacial score (nSPS) is 18.6. The number of likely N-dealkylation sites (tertiary alicyclic amines) is 1. The van der Waals surface area contributed by atoms with Gasteiger partial charge in [-0.25, -0.2) is 17.6 Å². The molecule has 3 aromatic rings. The predicted octanol–water partition coefficient (Wildman–Crippen LogP) is 4.57. The minimum Gasteiger partial charge on any atom is -0.444 e. The van der Waals surface area contributed by atoms with E-state index in [0.29, 0.717) is 30.5 Å². The summed E-state index contributed by atoms with van der Waals surface area (Å²) in [5.74, 6) is -1.14. The molecule has 0 spiro atoms. The molecule has 0 aliphatic carbocycles. The molecule has 0 saturated carbocycles. The zero-order valence-corrected chi connectivity index (χ0v) is 25.3. The molecular weight excluding hydrogens is 575 g/mol. The van der Waals surface area contributed by atoms with E-state index < -0.39 is 51.6 Å². The predicted molar refractivity (Wildman–Crippen MR) is 159 cm³/mol. The molecule has 230 valence electrons. The highest BCUT2D eigenvalue weighted by atomic mass is 32.2. The van der Waals surface area contributed by atoms with Crippen LogP contribution < -0.4 is 10.0 Å². The molecule has 1 saturated heterocycles. The second kappa shape index (κ2) is 13.2. The summed E-state index contributed by atoms with van der Waals surface area (Å²) in [6.07, 6.45) is 3.53. The molecule has 1 aliphatic heterocycles. The van der Waals surface area contributed by atoms with Crippen molar-refractivity contribution >= 4 is 27.7 Å². The maximum Gasteiger partial charge on any atom is 0.410 e. The first-order chi connectivity index (χ1) is 20.2. The van der Waals surface area contributed by atoms with Crippen LogP contribution in [-0.4, -0.2) is 59.1 Å². The van der Waals surface area contributed by atoms with Gasteiger partial charge >= 0.3 is 6.09 Å². The van der Waals surface area contributed by atoms with Gasteiger partial charge in [0.25, 0.3) is 0 Å². The van der Waals surface area contributed by atoms with Crippen molar-refractivity contribution in [1.29, 1.82) is 0 Å². The van der Waals surface area contributed by atoms with E-state index in [9.17, 15) is 27.5 Å². The van der Waals surface area contributed by atoms with E-state index >= 15 is 0 Å². The first-order valence-electron chi connectivity index (χ1n) is 14.0. The Kier molecular flexibility index (Phi) is 9.83. The zero-order valence-electron chi connectivity index (χ0n) is 24.5. The Morgan fingerprint density at radius 2 is 1.77 bits per heavy atom. The molecule has 0 bridgehead atoms. The van der Waals surface area contributed by atoms with Crippen LogP contribution in [0.2, 0.25) is 0 Å². The molecule has 4 atom stereocenters. The van der Waals surface area contributed by atoms with Gasteiger partial charge in [-0.15, -0.1) is 0 Å². The Bertz CT molecular complexity index is 1510. The van der Waals surface area contributed by atoms with E-state index in [-0.39, 0.29) is 10.9 Å². The van der Waals surface area contributed by atoms with Crippen molar-refractivity contribution < 1.29 is 32.2 Å². The van der Waals surface area contributed by atoms with Crippen molar-refractivity contribution in [3.8, 4) is 0 Å². The highest BCUT2D eigenvalue weighted by molar-refractivity contribution is 7.89. The van der Waals surface area contributed by atoms with Crippen molar-refractivity contribution in [2.24, 2.45) is 0 Å². The molecule has 2 heterocycles. The van der Waals surface area contributed by atoms with Gasteiger partial charge in [0, 0.05) is 29.7 Å². The molecule has 1 aliphatic rings. The number of anilines is 1. The van der Waals surface area contributed by atoms with Gasteiger partial charge in [-0.1, -0.05) is 18.2 Å². The number of amides is 2. The number of aliphatic hydroxyl groups excluding tert-OH is 1. The summed E-state index contributed by atoms with van der Waals surface area (Å²) in [6.45, 7) is 6.80. The summed E-state index contributed by atoms with van der Waals surface area (Å²) in [4.78, 5) is 31.6. The topological polar surface area (TPSA) is 138 Å². The van der Waals surface area contributed by atoms with Crippen LogP contribution in [0.1, 0.15) is 57.8 Å². The Labute approximate surface area is 251 Å². The van der Waals surface area contributed by atoms with Crippen molar-refractivity contribution in [1.82, 2.24) is 14.6 Å². The number of aromatic nitrogens is 1. The maximum atomic E-state index is 13.3. The number of nitrogens with one attached hydrogen (secondary N) is 2. The number of hydrogen-bond donors (Lipinski definition) is 3. The van der Waals surface area contributed by atoms with Crippen molar-refractivity contribution in [3.05, 3.63) is 90.0 Å². The molecule has 4 rings (SSSR count). The van der Waals surface area contributed by atoms with E-state index in [0.717, 1.165) is 29.8 Å². The van der Waals surface area contributed by atoms with Gasteiger partial charge in [0.1, 0.15) is 17.5 Å². The molecule has 10 nitrogen and oxygen atoms in total. The van der Waals surface area contributed by atoms with Crippen molar-refractivity contribution in [3.63, 3.8) is 0 Å². The number of sulfonamides is 1. The van der Waals surface area contributed by atoms with Crippen LogP contribution in [0.4, 0.5) is 14.9 Å². The Morgan fingerprint density at radius 1 is 1.09 bits per heavy atom. The van der Waals surface area contributed by atoms with E-state index in [4.69, 9.17) is 4.74 Å². The maximum absolute atomic E-state index is 13.3. The van der Waals surface area contributed by atoms with Crippen LogP contribution in [-0.2, 0) is 26.0 Å². The standard InChI is InChI=1S/C31H37FN4O6S/c1-20(35-43(40,41)26-14-9-23(32)10-15-26)29(38)34-24-11-7-21(8-12-24)18-25-13-16-27(28(37)22-6-5-17-33-19-22)36(25)30(39)42-31(2,3)4/h5-12,14-15,17,19-20,25,27-28,35,37H,13,16,18H2,1-4H3,(H,34,38)/t20-,25-,27+,28+/m0/s1. The molecule has 2 amide bonds. The fraction of sp³-hybridized carbons (Fsp3) is 0.387. The van der Waals surface area contributed by atoms with Gasteiger partial charge in [-0.2, -0.15) is 4.72 Å². The zero-order chi connectivity index (χ0) is 31.4. The average Bonchev–Trinajstić information content (AvgIpc) is 3.37. The largest absolute Gasteiger partial charge is 0.444 e. The van der Waals surface area contributed by atoms with Crippen LogP contribution in [0.25, 0.3) is 0 Å². The number of nitrogens with zero attached hydrogens (tertiary/aromatic N) is 2. The lowest BCUT2D eigenvalue weighted by Gasteiger charge is -2.34. The molecule has 43 heavy (non-hydrogen) atoms. The van der Waals surface area contributed by atoms with Gasteiger partial charge in [0.2, 0.25) is 15.9 Å². The quantitative estimate of drug-likeness (QED) is 0.322. The van der Waals surface area contributed by atoms with E-state index in [1.54, 1.807) is 62.3 Å². The lowest BCUT2D eigenvalue weighted by atomic mass is 10.0. The third-order valence-corrected chi connectivity index (χ3v) is 8.64. The monoisotopic (exact) mass is 612 g/mol. The SMILES string of the molecule is C[C@H](NS(=O)(=O)c1ccc(F)cc1)C(=O)Nc1ccc(C[C@@H]2CC[C@H]([C@H](O)c3cccnc3)N2C(=O)OC(C)(C)C)cc1. The number of hydrogen-bond acceptors (Lipinski definition) is 7. The Hall–Kier alpha value is -3.87. The molecule has 3 N–H and O–H groups in total. The molecule has 1 fully saturated rings. The van der Waals surface area contributed by atoms with Crippen LogP contribution in [0.3, 0.4) is 0 Å². The fourth-order valence-corrected chi connectivity index (χ4v) is 6.21. The van der Waals surface area contributed by atoms with Gasteiger partial charge in [-0.3, -0.25) is 14.7 Å². The number of pyridine rings is 1. The number of ether oxygens (including phenoxy) is 1. The first kappa shape index (κ1) is 32.1. The summed E-state index contributed by atoms with van der Waals surface area (Å²) in [5.41, 5.74) is 1.27. The molecule has 0 radical (unpaired) electrons. The second-order valence-electron chi connectivity index (χ2n) is 11.6. The number of carbonyl (C=O) groups is 2. The first-order valence-corrected chi connectivity index (χ1v) is 15.5. The molecule has 0 unspecified atom stereocenters. The molecule has 12 heteroatoms. The lowest BCUT2D eigenvalue weighted by molar-refractivity contribution is -0.117. The van der Waals surface area contributed by atoms with Gasteiger partial charge in [0.15, 0.2) is 0 Å². The number of aliphatic hydroxyl groups is 1. The number of benzene rings is 2. The summed E-state index contributed by atoms with van der Waals surface area (Å²) in [5, 5.41) is 13.8. The smallest absolute Gasteiger partial charge is 0.410 e. The van der Waals surface area contributed by atoms with E-state index in [1.807, 2.05) is 12.1 Å². The average molecular weight is 613 g/mol. The van der Waals surface area contributed by atoms with Gasteiger partial charge in [-0.05, 0) is 95.0 Å². The molecule has 2 aromatic carbocycles. The fourth-order valence-electron chi connectivity index (χ4n) is 5.01. The number of carbonyl (C=O) groups excluding carboxylic acids is 2. The third kappa shape index (κ3) is 8.37. The Balaban J connectivity index is 1.42. The summed E-state index contributed by atoms with van der Waals surface area (Å²) >= 11 is 0. The second-order valence-corrected chi connectivity index (χ2v) is 13.3. The lowest BCUT2D eigenvalue weighted by Crippen LogP contribution is -2.47. The summed E-state index contributed by atoms with van der Waals surface area (Å²) in [7, 11) is -4.03. The highest BCUT2D eigenvalue weighted by Crippen LogP contribution is 2.35. The molecular formula is C31H37FN4O6S. The summed E-state index contributed by atoms with van der Waals surface area (Å²) < 4.78 is 46.3. The van der Waals surface area contributed by atoms with Gasteiger partial charge < -0.3 is 15.2 Å². The summed E-state index contributed by atoms with van der Waals surface area (Å²) in [6, 6.07) is 13.0. The third-order valence-electron chi connectivity index (χ3n) is 7.08. The van der Waals surface area contributed by atoms with Crippen LogP contribution in [0, 0.1) is 5.82 Å². The Morgan fingerprint density at radius 3 is 2.37 bits per heavy atom. The number of rotatable bonds is 9. The minimum atomic E-state index is -4.03.